The minimum atomic E-state index is -0.546. The molecule has 4 heterocycles. The molecular weight excluding hydrogens is 821 g/mol. The standard InChI is InChI=1S/C28H36N4O4.C23H28N4O2/c1-8-32-23-12-11-22(17(2)25(23)29-30-32)24(18(3)26(33)35-7)20-10-9-19-13-14-31(16-21(19)15-20)27(34)36-28(4,5)6;1-5-27-20-9-8-19(14(2)22(20)25-26-27)21(15(3)23(28)29-4)17-7-6-16-10-11-24-13-18(16)12-17/h9-12,15,18,24H,8,13-14,16H2,1-7H3;6-9,12,15,21,24H,5,10-11,13H2,1-4H3/t18-,24+;15-,21+/m11/s1. The highest BCUT2D eigenvalue weighted by Crippen LogP contribution is 2.40. The van der Waals surface area contributed by atoms with Gasteiger partial charge in [-0.05, 0) is 136 Å². The summed E-state index contributed by atoms with van der Waals surface area (Å²) in [5.41, 5.74) is 14.5. The maximum Gasteiger partial charge on any atom is 0.410 e. The van der Waals surface area contributed by atoms with Gasteiger partial charge in [0.15, 0.2) is 0 Å². The minimum absolute atomic E-state index is 0.106. The Morgan fingerprint density at radius 1 is 0.692 bits per heavy atom. The monoisotopic (exact) mass is 884 g/mol. The van der Waals surface area contributed by atoms with E-state index in [0.717, 1.165) is 100 Å². The second kappa shape index (κ2) is 19.5. The molecule has 65 heavy (non-hydrogen) atoms. The fourth-order valence-corrected chi connectivity index (χ4v) is 9.57. The number of hydrogen-bond acceptors (Lipinski definition) is 11. The zero-order chi connectivity index (χ0) is 46.7. The third-order valence-electron chi connectivity index (χ3n) is 13.1. The Bertz CT molecular complexity index is 2710. The maximum absolute atomic E-state index is 12.8. The highest BCUT2D eigenvalue weighted by atomic mass is 16.6. The van der Waals surface area contributed by atoms with Crippen LogP contribution in [0.2, 0.25) is 0 Å². The smallest absolute Gasteiger partial charge is 0.410 e. The van der Waals surface area contributed by atoms with E-state index >= 15 is 0 Å². The van der Waals surface area contributed by atoms with Crippen LogP contribution in [0.5, 0.6) is 0 Å². The normalized spacial score (nSPS) is 15.5. The molecule has 344 valence electrons. The van der Waals surface area contributed by atoms with Crippen LogP contribution in [-0.4, -0.2) is 85.8 Å². The molecule has 0 spiro atoms. The van der Waals surface area contributed by atoms with Crippen LogP contribution < -0.4 is 5.32 Å². The molecule has 0 saturated carbocycles. The molecule has 0 radical (unpaired) electrons. The van der Waals surface area contributed by atoms with Gasteiger partial charge in [-0.3, -0.25) is 9.59 Å². The van der Waals surface area contributed by atoms with E-state index in [4.69, 9.17) is 14.2 Å². The molecule has 1 amide bonds. The van der Waals surface area contributed by atoms with Crippen LogP contribution in [0.3, 0.4) is 0 Å². The number of carbonyl (C=O) groups is 3. The van der Waals surface area contributed by atoms with Crippen molar-refractivity contribution in [3.8, 4) is 0 Å². The number of carbonyl (C=O) groups excluding carboxylic acids is 3. The zero-order valence-electron chi connectivity index (χ0n) is 39.8. The van der Waals surface area contributed by atoms with Gasteiger partial charge in [0.25, 0.3) is 0 Å². The van der Waals surface area contributed by atoms with Crippen LogP contribution >= 0.6 is 0 Å². The summed E-state index contributed by atoms with van der Waals surface area (Å²) in [4.78, 5) is 39.8. The van der Waals surface area contributed by atoms with Crippen LogP contribution in [0.25, 0.3) is 22.1 Å². The highest BCUT2D eigenvalue weighted by molar-refractivity contribution is 5.82. The van der Waals surface area contributed by atoms with Gasteiger partial charge in [-0.1, -0.05) is 72.8 Å². The van der Waals surface area contributed by atoms with E-state index in [1.165, 1.54) is 30.9 Å². The summed E-state index contributed by atoms with van der Waals surface area (Å²) < 4.78 is 19.6. The number of ether oxygens (including phenoxy) is 3. The first kappa shape index (κ1) is 46.8. The quantitative estimate of drug-likeness (QED) is 0.104. The van der Waals surface area contributed by atoms with Crippen LogP contribution in [0.1, 0.15) is 116 Å². The number of aromatic nitrogens is 6. The fraction of sp³-hybridized carbons (Fsp3) is 0.471. The Labute approximate surface area is 382 Å². The number of hydrogen-bond donors (Lipinski definition) is 1. The summed E-state index contributed by atoms with van der Waals surface area (Å²) >= 11 is 0. The molecule has 1 N–H and O–H groups in total. The summed E-state index contributed by atoms with van der Waals surface area (Å²) in [5.74, 6) is -1.56. The first-order valence-electron chi connectivity index (χ1n) is 22.8. The molecular formula is C51H64N8O6. The number of fused-ring (bicyclic) bond motifs is 4. The molecule has 2 aromatic heterocycles. The van der Waals surface area contributed by atoms with E-state index < -0.39 is 11.5 Å². The predicted molar refractivity (Wildman–Crippen MR) is 251 cm³/mol. The number of methoxy groups -OCH3 is 2. The largest absolute Gasteiger partial charge is 0.469 e. The van der Waals surface area contributed by atoms with Gasteiger partial charge in [0.05, 0.1) is 37.1 Å². The van der Waals surface area contributed by atoms with Gasteiger partial charge in [-0.15, -0.1) is 10.2 Å². The lowest BCUT2D eigenvalue weighted by Gasteiger charge is -2.32. The van der Waals surface area contributed by atoms with E-state index in [-0.39, 0.29) is 35.8 Å². The fourth-order valence-electron chi connectivity index (χ4n) is 9.57. The van der Waals surface area contributed by atoms with Crippen molar-refractivity contribution in [3.05, 3.63) is 116 Å². The van der Waals surface area contributed by atoms with Gasteiger partial charge in [0.1, 0.15) is 16.6 Å². The number of amides is 1. The molecule has 14 heteroatoms. The number of esters is 2. The molecule has 0 fully saturated rings. The molecule has 0 saturated heterocycles. The van der Waals surface area contributed by atoms with E-state index in [1.54, 1.807) is 4.90 Å². The summed E-state index contributed by atoms with van der Waals surface area (Å²) in [7, 11) is 2.87. The van der Waals surface area contributed by atoms with Crippen LogP contribution in [-0.2, 0) is 62.8 Å². The molecule has 4 aromatic carbocycles. The SMILES string of the molecule is CCn1nnc2c(C)c([C@H](c3ccc4c(c3)CN(C(=O)OC(C)(C)C)CC4)[C@@H](C)C(=O)OC)ccc21.CCn1nnc2c(C)c([C@H](c3ccc4c(c3)CNCC4)[C@@H](C)C(=O)OC)ccc21. The van der Waals surface area contributed by atoms with Crippen molar-refractivity contribution in [3.63, 3.8) is 0 Å². The Morgan fingerprint density at radius 2 is 1.18 bits per heavy atom. The lowest BCUT2D eigenvalue weighted by Crippen LogP contribution is -2.40. The Hall–Kier alpha value is -6.15. The molecule has 14 nitrogen and oxygen atoms in total. The van der Waals surface area contributed by atoms with Gasteiger partial charge in [-0.2, -0.15) is 0 Å². The van der Waals surface area contributed by atoms with E-state index in [0.29, 0.717) is 13.1 Å². The minimum Gasteiger partial charge on any atom is -0.469 e. The maximum atomic E-state index is 12.8. The lowest BCUT2D eigenvalue weighted by molar-refractivity contribution is -0.146. The van der Waals surface area contributed by atoms with Gasteiger partial charge in [-0.25, -0.2) is 14.2 Å². The Morgan fingerprint density at radius 3 is 1.66 bits per heavy atom. The van der Waals surface area contributed by atoms with Crippen molar-refractivity contribution >= 4 is 40.1 Å². The summed E-state index contributed by atoms with van der Waals surface area (Å²) in [6.07, 6.45) is 1.49. The average Bonchev–Trinajstić information content (AvgIpc) is 3.94. The first-order valence-corrected chi connectivity index (χ1v) is 22.8. The molecule has 2 aliphatic heterocycles. The van der Waals surface area contributed by atoms with Gasteiger partial charge < -0.3 is 24.4 Å². The van der Waals surface area contributed by atoms with E-state index in [2.05, 4.69) is 94.4 Å². The topological polar surface area (TPSA) is 156 Å². The number of nitrogens with one attached hydrogen (secondary N) is 1. The van der Waals surface area contributed by atoms with Crippen molar-refractivity contribution in [2.75, 3.05) is 27.3 Å². The number of aryl methyl sites for hydroxylation is 4. The number of rotatable bonds is 10. The molecule has 0 unspecified atom stereocenters. The van der Waals surface area contributed by atoms with Crippen molar-refractivity contribution in [2.45, 2.75) is 119 Å². The molecule has 6 aromatic rings. The van der Waals surface area contributed by atoms with Crippen LogP contribution in [0.15, 0.2) is 60.7 Å². The van der Waals surface area contributed by atoms with Gasteiger partial charge >= 0.3 is 18.0 Å². The van der Waals surface area contributed by atoms with Crippen molar-refractivity contribution in [1.29, 1.82) is 0 Å². The number of nitrogens with zero attached hydrogens (tertiary/aromatic N) is 7. The summed E-state index contributed by atoms with van der Waals surface area (Å²) in [5, 5.41) is 20.8. The Balaban J connectivity index is 0.000000198. The Kier molecular flexibility index (Phi) is 14.1. The van der Waals surface area contributed by atoms with Gasteiger partial charge in [0.2, 0.25) is 0 Å². The molecule has 4 atom stereocenters. The summed E-state index contributed by atoms with van der Waals surface area (Å²) in [6.45, 7) is 22.1. The molecule has 0 aliphatic carbocycles. The highest BCUT2D eigenvalue weighted by Gasteiger charge is 2.33. The van der Waals surface area contributed by atoms with Crippen molar-refractivity contribution in [1.82, 2.24) is 40.2 Å². The molecule has 2 aliphatic rings. The summed E-state index contributed by atoms with van der Waals surface area (Å²) in [6, 6.07) is 21.3. The van der Waals surface area contributed by atoms with Crippen LogP contribution in [0.4, 0.5) is 4.79 Å². The van der Waals surface area contributed by atoms with Crippen LogP contribution in [0, 0.1) is 25.7 Å². The number of benzene rings is 4. The first-order chi connectivity index (χ1) is 31.1. The van der Waals surface area contributed by atoms with E-state index in [1.807, 2.05) is 63.9 Å². The zero-order valence-corrected chi connectivity index (χ0v) is 39.8. The predicted octanol–water partition coefficient (Wildman–Crippen LogP) is 8.34. The second-order valence-corrected chi connectivity index (χ2v) is 18.3. The van der Waals surface area contributed by atoms with Gasteiger partial charge in [0, 0.05) is 44.6 Å². The molecule has 0 bridgehead atoms. The average molecular weight is 885 g/mol. The van der Waals surface area contributed by atoms with Crippen molar-refractivity contribution < 1.29 is 28.6 Å². The lowest BCUT2D eigenvalue weighted by atomic mass is 9.78. The van der Waals surface area contributed by atoms with E-state index in [9.17, 15) is 14.4 Å². The second-order valence-electron chi connectivity index (χ2n) is 18.3. The third-order valence-corrected chi connectivity index (χ3v) is 13.1. The third kappa shape index (κ3) is 9.64. The van der Waals surface area contributed by atoms with Crippen molar-refractivity contribution in [2.24, 2.45) is 11.8 Å². The molecule has 8 rings (SSSR count).